The monoisotopic (exact) mass is 300 g/mol. The van der Waals surface area contributed by atoms with Gasteiger partial charge in [-0.05, 0) is 112 Å². The van der Waals surface area contributed by atoms with Gasteiger partial charge in [0.15, 0.2) is 0 Å². The van der Waals surface area contributed by atoms with Crippen LogP contribution in [0.15, 0.2) is 0 Å². The van der Waals surface area contributed by atoms with Crippen LogP contribution < -0.4 is 5.84 Å². The molecule has 0 spiro atoms. The molecule has 0 saturated heterocycles. The Morgan fingerprint density at radius 1 is 0.455 bits per heavy atom. The molecular formula is C20H32N2. The maximum atomic E-state index is 6.96. The Morgan fingerprint density at radius 3 is 1.00 bits per heavy atom. The zero-order chi connectivity index (χ0) is 14.4. The fraction of sp³-hybridized carbons (Fsp3) is 1.00. The summed E-state index contributed by atoms with van der Waals surface area (Å²) in [6.07, 6.45) is 15.2. The fourth-order valence-electron chi connectivity index (χ4n) is 8.97. The normalized spacial score (nSPS) is 61.4. The van der Waals surface area contributed by atoms with E-state index in [4.69, 9.17) is 5.84 Å². The molecule has 0 amide bonds. The molecule has 2 heteroatoms. The number of hydrogen-bond donors (Lipinski definition) is 1. The molecule has 8 rings (SSSR count). The summed E-state index contributed by atoms with van der Waals surface area (Å²) in [5.74, 6) is 15.1. The van der Waals surface area contributed by atoms with E-state index < -0.39 is 0 Å². The first-order valence-corrected chi connectivity index (χ1v) is 10.3. The van der Waals surface area contributed by atoms with Crippen molar-refractivity contribution in [3.05, 3.63) is 0 Å². The number of hydrogen-bond acceptors (Lipinski definition) is 2. The summed E-state index contributed by atoms with van der Waals surface area (Å²) in [6.45, 7) is 0. The molecule has 8 aliphatic rings. The van der Waals surface area contributed by atoms with Crippen LogP contribution in [0.2, 0.25) is 0 Å². The van der Waals surface area contributed by atoms with E-state index in [1.807, 2.05) is 0 Å². The molecule has 0 aromatic carbocycles. The zero-order valence-corrected chi connectivity index (χ0v) is 13.9. The highest BCUT2D eigenvalue weighted by atomic mass is 15.4. The van der Waals surface area contributed by atoms with Crippen molar-refractivity contribution in [3.63, 3.8) is 0 Å². The Bertz CT molecular complexity index is 374. The van der Waals surface area contributed by atoms with Crippen LogP contribution in [0.1, 0.15) is 64.2 Å². The second-order valence-electron chi connectivity index (χ2n) is 10.3. The lowest BCUT2D eigenvalue weighted by Crippen LogP contribution is -2.66. The summed E-state index contributed by atoms with van der Waals surface area (Å²) in [7, 11) is 0. The van der Waals surface area contributed by atoms with Crippen molar-refractivity contribution in [3.8, 4) is 0 Å². The molecule has 22 heavy (non-hydrogen) atoms. The Hall–Kier alpha value is -0.0800. The van der Waals surface area contributed by atoms with E-state index in [1.165, 1.54) is 51.4 Å². The maximum absolute atomic E-state index is 6.96. The second-order valence-corrected chi connectivity index (χ2v) is 10.3. The third kappa shape index (κ3) is 1.75. The van der Waals surface area contributed by atoms with Crippen LogP contribution >= 0.6 is 0 Å². The first kappa shape index (κ1) is 13.2. The standard InChI is InChI=1S/C20H32N2/c21-22(19-15-3-11-1-12(5-15)6-16(19)4-11)20-17-7-13-2-14(9-17)10-18(20)8-13/h11-20H,1-10,21H2. The van der Waals surface area contributed by atoms with E-state index in [2.05, 4.69) is 5.01 Å². The lowest BCUT2D eigenvalue weighted by Gasteiger charge is -2.62. The number of nitrogens with two attached hydrogens (primary N) is 1. The van der Waals surface area contributed by atoms with Gasteiger partial charge in [0.05, 0.1) is 0 Å². The molecule has 0 heterocycles. The highest BCUT2D eigenvalue weighted by Gasteiger charge is 2.55. The molecule has 2 N–H and O–H groups in total. The van der Waals surface area contributed by atoms with Crippen LogP contribution in [0, 0.1) is 47.3 Å². The molecule has 0 aromatic rings. The van der Waals surface area contributed by atoms with E-state index in [1.54, 1.807) is 12.8 Å². The van der Waals surface area contributed by atoms with E-state index in [0.29, 0.717) is 0 Å². The minimum Gasteiger partial charge on any atom is -0.268 e. The van der Waals surface area contributed by atoms with Crippen LogP contribution in [0.4, 0.5) is 0 Å². The highest BCUT2D eigenvalue weighted by molar-refractivity contribution is 5.07. The first-order chi connectivity index (χ1) is 10.7. The Morgan fingerprint density at radius 2 is 0.727 bits per heavy atom. The number of rotatable bonds is 2. The summed E-state index contributed by atoms with van der Waals surface area (Å²) in [4.78, 5) is 0. The van der Waals surface area contributed by atoms with Crippen molar-refractivity contribution in [2.24, 2.45) is 53.2 Å². The lowest BCUT2D eigenvalue weighted by atomic mass is 9.51. The van der Waals surface area contributed by atoms with Crippen LogP contribution in [-0.2, 0) is 0 Å². The van der Waals surface area contributed by atoms with Crippen molar-refractivity contribution >= 4 is 0 Å². The fourth-order valence-corrected chi connectivity index (χ4v) is 8.97. The van der Waals surface area contributed by atoms with Crippen molar-refractivity contribution in [2.75, 3.05) is 0 Å². The molecule has 0 aromatic heterocycles. The van der Waals surface area contributed by atoms with E-state index in [-0.39, 0.29) is 0 Å². The molecule has 0 radical (unpaired) electrons. The molecule has 8 aliphatic carbocycles. The molecule has 0 unspecified atom stereocenters. The van der Waals surface area contributed by atoms with E-state index in [9.17, 15) is 0 Å². The molecule has 8 fully saturated rings. The average Bonchev–Trinajstić information content (AvgIpc) is 2.44. The van der Waals surface area contributed by atoms with Gasteiger partial charge in [0, 0.05) is 12.1 Å². The van der Waals surface area contributed by atoms with Gasteiger partial charge < -0.3 is 0 Å². The Balaban J connectivity index is 1.28. The second kappa shape index (κ2) is 4.51. The van der Waals surface area contributed by atoms with E-state index in [0.717, 1.165) is 59.4 Å². The predicted octanol–water partition coefficient (Wildman–Crippen LogP) is 3.81. The number of nitrogens with zero attached hydrogens (tertiary/aromatic N) is 1. The van der Waals surface area contributed by atoms with E-state index >= 15 is 0 Å². The smallest absolute Gasteiger partial charge is 0.0301 e. The molecule has 0 aliphatic heterocycles. The highest BCUT2D eigenvalue weighted by Crippen LogP contribution is 2.58. The van der Waals surface area contributed by atoms with Gasteiger partial charge in [-0.1, -0.05) is 0 Å². The Kier molecular flexibility index (Phi) is 2.71. The van der Waals surface area contributed by atoms with Crippen LogP contribution in [0.3, 0.4) is 0 Å². The van der Waals surface area contributed by atoms with Gasteiger partial charge in [0.2, 0.25) is 0 Å². The summed E-state index contributed by atoms with van der Waals surface area (Å²) in [5.41, 5.74) is 0. The van der Waals surface area contributed by atoms with Crippen LogP contribution in [-0.4, -0.2) is 17.1 Å². The van der Waals surface area contributed by atoms with Crippen molar-refractivity contribution in [1.29, 1.82) is 0 Å². The first-order valence-electron chi connectivity index (χ1n) is 10.3. The third-order valence-corrected chi connectivity index (χ3v) is 9.04. The summed E-state index contributed by atoms with van der Waals surface area (Å²) >= 11 is 0. The summed E-state index contributed by atoms with van der Waals surface area (Å²) in [6, 6.07) is 1.52. The SMILES string of the molecule is NN(C1C2CC3CC(C2)CC1C3)C1C2CC3CC(C2)CC1C3. The minimum atomic E-state index is 0.760. The molecule has 8 bridgehead atoms. The minimum absolute atomic E-state index is 0.760. The quantitative estimate of drug-likeness (QED) is 0.620. The molecular weight excluding hydrogens is 268 g/mol. The van der Waals surface area contributed by atoms with Crippen molar-refractivity contribution in [1.82, 2.24) is 5.01 Å². The zero-order valence-electron chi connectivity index (χ0n) is 13.9. The van der Waals surface area contributed by atoms with Gasteiger partial charge in [-0.25, -0.2) is 5.01 Å². The third-order valence-electron chi connectivity index (χ3n) is 9.04. The summed E-state index contributed by atoms with van der Waals surface area (Å²) in [5, 5.41) is 2.51. The molecule has 0 atom stereocenters. The average molecular weight is 300 g/mol. The lowest BCUT2D eigenvalue weighted by molar-refractivity contribution is -0.134. The molecule has 122 valence electrons. The summed E-state index contributed by atoms with van der Waals surface area (Å²) < 4.78 is 0. The molecule has 2 nitrogen and oxygen atoms in total. The Labute approximate surface area is 135 Å². The largest absolute Gasteiger partial charge is 0.268 e. The predicted molar refractivity (Wildman–Crippen MR) is 87.7 cm³/mol. The van der Waals surface area contributed by atoms with Crippen molar-refractivity contribution in [2.45, 2.75) is 76.3 Å². The maximum Gasteiger partial charge on any atom is 0.0301 e. The van der Waals surface area contributed by atoms with Gasteiger partial charge in [-0.15, -0.1) is 0 Å². The van der Waals surface area contributed by atoms with Crippen LogP contribution in [0.5, 0.6) is 0 Å². The topological polar surface area (TPSA) is 29.3 Å². The number of hydrazine groups is 1. The van der Waals surface area contributed by atoms with Gasteiger partial charge in [-0.2, -0.15) is 0 Å². The van der Waals surface area contributed by atoms with Crippen LogP contribution in [0.25, 0.3) is 0 Å². The van der Waals surface area contributed by atoms with Gasteiger partial charge in [0.1, 0.15) is 0 Å². The van der Waals surface area contributed by atoms with Gasteiger partial charge in [-0.3, -0.25) is 5.84 Å². The molecule has 8 saturated carbocycles. The van der Waals surface area contributed by atoms with Crippen molar-refractivity contribution < 1.29 is 0 Å². The van der Waals surface area contributed by atoms with Gasteiger partial charge in [0.25, 0.3) is 0 Å². The van der Waals surface area contributed by atoms with Gasteiger partial charge >= 0.3 is 0 Å².